The van der Waals surface area contributed by atoms with Crippen LogP contribution in [0.3, 0.4) is 0 Å². The molecule has 19 heavy (non-hydrogen) atoms. The Balaban J connectivity index is 2.51. The first-order valence-corrected chi connectivity index (χ1v) is 6.42. The van der Waals surface area contributed by atoms with Crippen LogP contribution in [0.5, 0.6) is 0 Å². The first kappa shape index (κ1) is 15.5. The van der Waals surface area contributed by atoms with Crippen molar-refractivity contribution < 1.29 is 4.74 Å². The zero-order chi connectivity index (χ0) is 14.1. The zero-order valence-electron chi connectivity index (χ0n) is 12.0. The quantitative estimate of drug-likeness (QED) is 0.445. The van der Waals surface area contributed by atoms with E-state index in [9.17, 15) is 0 Å². The lowest BCUT2D eigenvalue weighted by atomic mass is 10.2. The molecule has 1 rings (SSSR count). The molecule has 1 aromatic rings. The van der Waals surface area contributed by atoms with Gasteiger partial charge in [0, 0.05) is 24.9 Å². The highest BCUT2D eigenvalue weighted by molar-refractivity contribution is 5.92. The Kier molecular flexibility index (Phi) is 6.92. The number of nitrogens with two attached hydrogens (primary N) is 1. The van der Waals surface area contributed by atoms with E-state index in [1.807, 2.05) is 38.4 Å². The molecule has 3 N–H and O–H groups in total. The number of nitrogens with one attached hydrogen (secondary N) is 1. The van der Waals surface area contributed by atoms with Gasteiger partial charge in [0.2, 0.25) is 0 Å². The molecular formula is C14H24N4O. The predicted octanol–water partition coefficient (Wildman–Crippen LogP) is 1.51. The number of aliphatic imine (C=N–C) groups is 1. The highest BCUT2D eigenvalue weighted by atomic mass is 16.5. The molecule has 0 aliphatic heterocycles. The number of para-hydroxylation sites is 1. The third kappa shape index (κ3) is 6.22. The Bertz CT molecular complexity index is 404. The van der Waals surface area contributed by atoms with Crippen molar-refractivity contribution in [3.63, 3.8) is 0 Å². The lowest BCUT2D eigenvalue weighted by molar-refractivity contribution is 0.185. The number of benzene rings is 1. The van der Waals surface area contributed by atoms with E-state index in [4.69, 9.17) is 10.5 Å². The number of nitrogens with zero attached hydrogens (tertiary/aromatic N) is 2. The molecule has 0 atom stereocenters. The normalized spacial score (nSPS) is 11.9. The van der Waals surface area contributed by atoms with E-state index < -0.39 is 0 Å². The number of hydrogen-bond donors (Lipinski definition) is 2. The number of anilines is 1. The second-order valence-corrected chi connectivity index (χ2v) is 4.64. The summed E-state index contributed by atoms with van der Waals surface area (Å²) in [6.07, 6.45) is 0.995. The van der Waals surface area contributed by atoms with Gasteiger partial charge in [-0.1, -0.05) is 18.2 Å². The fraction of sp³-hybridized carbons (Fsp3) is 0.500. The van der Waals surface area contributed by atoms with Gasteiger partial charge in [-0.2, -0.15) is 0 Å². The molecule has 5 nitrogen and oxygen atoms in total. The van der Waals surface area contributed by atoms with Crippen molar-refractivity contribution in [2.45, 2.75) is 13.0 Å². The summed E-state index contributed by atoms with van der Waals surface area (Å²) in [6, 6.07) is 7.91. The maximum Gasteiger partial charge on any atom is 0.193 e. The van der Waals surface area contributed by atoms with E-state index in [0.29, 0.717) is 12.6 Å². The SMILES string of the molecule is COCc1ccccc1NC(N)=NCCCN(C)C. The average molecular weight is 264 g/mol. The van der Waals surface area contributed by atoms with Crippen LogP contribution in [-0.4, -0.2) is 45.2 Å². The molecule has 106 valence electrons. The van der Waals surface area contributed by atoms with E-state index in [1.54, 1.807) is 7.11 Å². The van der Waals surface area contributed by atoms with Gasteiger partial charge in [0.1, 0.15) is 0 Å². The summed E-state index contributed by atoms with van der Waals surface area (Å²) < 4.78 is 5.15. The van der Waals surface area contributed by atoms with Gasteiger partial charge in [0.05, 0.1) is 6.61 Å². The lowest BCUT2D eigenvalue weighted by Gasteiger charge is -2.11. The summed E-state index contributed by atoms with van der Waals surface area (Å²) in [5.41, 5.74) is 7.88. The molecule has 0 spiro atoms. The van der Waals surface area contributed by atoms with Crippen LogP contribution in [0.15, 0.2) is 29.3 Å². The van der Waals surface area contributed by atoms with E-state index in [1.165, 1.54) is 0 Å². The molecule has 0 saturated carbocycles. The minimum atomic E-state index is 0.447. The summed E-state index contributed by atoms with van der Waals surface area (Å²) in [5.74, 6) is 0.447. The van der Waals surface area contributed by atoms with E-state index >= 15 is 0 Å². The first-order valence-electron chi connectivity index (χ1n) is 6.42. The number of rotatable bonds is 7. The number of ether oxygens (including phenoxy) is 1. The van der Waals surface area contributed by atoms with Crippen LogP contribution in [-0.2, 0) is 11.3 Å². The molecule has 0 aliphatic rings. The number of guanidine groups is 1. The summed E-state index contributed by atoms with van der Waals surface area (Å²) in [6.45, 7) is 2.29. The molecular weight excluding hydrogens is 240 g/mol. The topological polar surface area (TPSA) is 62.9 Å². The van der Waals surface area contributed by atoms with Crippen LogP contribution in [0.25, 0.3) is 0 Å². The molecule has 0 aliphatic carbocycles. The monoisotopic (exact) mass is 264 g/mol. The minimum absolute atomic E-state index is 0.447. The molecule has 0 unspecified atom stereocenters. The third-order valence-corrected chi connectivity index (χ3v) is 2.63. The second kappa shape index (κ2) is 8.50. The molecule has 0 amide bonds. The van der Waals surface area contributed by atoms with Crippen LogP contribution in [0, 0.1) is 0 Å². The highest BCUT2D eigenvalue weighted by Gasteiger charge is 2.02. The van der Waals surface area contributed by atoms with Crippen molar-refractivity contribution in [1.29, 1.82) is 0 Å². The fourth-order valence-electron chi connectivity index (χ4n) is 1.69. The summed E-state index contributed by atoms with van der Waals surface area (Å²) in [4.78, 5) is 6.44. The van der Waals surface area contributed by atoms with Gasteiger partial charge in [-0.3, -0.25) is 4.99 Å². The lowest BCUT2D eigenvalue weighted by Crippen LogP contribution is -2.24. The predicted molar refractivity (Wildman–Crippen MR) is 80.4 cm³/mol. The maximum atomic E-state index is 5.87. The Morgan fingerprint density at radius 2 is 2.11 bits per heavy atom. The van der Waals surface area contributed by atoms with Crippen LogP contribution >= 0.6 is 0 Å². The van der Waals surface area contributed by atoms with Gasteiger partial charge in [0.15, 0.2) is 5.96 Å². The molecule has 5 heteroatoms. The van der Waals surface area contributed by atoms with Crippen molar-refractivity contribution in [2.24, 2.45) is 10.7 Å². The van der Waals surface area contributed by atoms with Crippen LogP contribution in [0.1, 0.15) is 12.0 Å². The van der Waals surface area contributed by atoms with Crippen molar-refractivity contribution in [1.82, 2.24) is 4.90 Å². The molecule has 0 aromatic heterocycles. The summed E-state index contributed by atoms with van der Waals surface area (Å²) in [7, 11) is 5.77. The van der Waals surface area contributed by atoms with Gasteiger partial charge in [-0.15, -0.1) is 0 Å². The first-order chi connectivity index (χ1) is 9.13. The Morgan fingerprint density at radius 1 is 1.37 bits per heavy atom. The number of methoxy groups -OCH3 is 1. The zero-order valence-corrected chi connectivity index (χ0v) is 12.0. The third-order valence-electron chi connectivity index (χ3n) is 2.63. The van der Waals surface area contributed by atoms with Crippen LogP contribution in [0.2, 0.25) is 0 Å². The molecule has 1 aromatic carbocycles. The summed E-state index contributed by atoms with van der Waals surface area (Å²) in [5, 5.41) is 3.12. The average Bonchev–Trinajstić information content (AvgIpc) is 2.37. The minimum Gasteiger partial charge on any atom is -0.380 e. The van der Waals surface area contributed by atoms with Gasteiger partial charge in [-0.25, -0.2) is 0 Å². The Morgan fingerprint density at radius 3 is 2.79 bits per heavy atom. The smallest absolute Gasteiger partial charge is 0.193 e. The van der Waals surface area contributed by atoms with Crippen LogP contribution in [0.4, 0.5) is 5.69 Å². The molecule has 0 bridgehead atoms. The maximum absolute atomic E-state index is 5.87. The van der Waals surface area contributed by atoms with Gasteiger partial charge < -0.3 is 20.7 Å². The van der Waals surface area contributed by atoms with Gasteiger partial charge in [0.25, 0.3) is 0 Å². The largest absolute Gasteiger partial charge is 0.380 e. The molecule has 0 saturated heterocycles. The Labute approximate surface area is 115 Å². The van der Waals surface area contributed by atoms with Gasteiger partial charge in [-0.05, 0) is 33.1 Å². The van der Waals surface area contributed by atoms with Crippen molar-refractivity contribution in [2.75, 3.05) is 39.6 Å². The van der Waals surface area contributed by atoms with Gasteiger partial charge >= 0.3 is 0 Å². The number of hydrogen-bond acceptors (Lipinski definition) is 3. The summed E-state index contributed by atoms with van der Waals surface area (Å²) >= 11 is 0. The second-order valence-electron chi connectivity index (χ2n) is 4.64. The fourth-order valence-corrected chi connectivity index (χ4v) is 1.69. The van der Waals surface area contributed by atoms with E-state index in [-0.39, 0.29) is 0 Å². The molecule has 0 heterocycles. The standard InChI is InChI=1S/C14H24N4O/c1-18(2)10-6-9-16-14(15)17-13-8-5-4-7-12(13)11-19-3/h4-5,7-8H,6,9-11H2,1-3H3,(H3,15,16,17). The van der Waals surface area contributed by atoms with Crippen molar-refractivity contribution >= 4 is 11.6 Å². The van der Waals surface area contributed by atoms with E-state index in [0.717, 1.165) is 30.8 Å². The molecule has 0 radical (unpaired) electrons. The van der Waals surface area contributed by atoms with Crippen LogP contribution < -0.4 is 11.1 Å². The van der Waals surface area contributed by atoms with E-state index in [2.05, 4.69) is 15.2 Å². The highest BCUT2D eigenvalue weighted by Crippen LogP contribution is 2.15. The van der Waals surface area contributed by atoms with Crippen molar-refractivity contribution in [3.05, 3.63) is 29.8 Å². The van der Waals surface area contributed by atoms with Crippen molar-refractivity contribution in [3.8, 4) is 0 Å². The molecule has 0 fully saturated rings. The Hall–Kier alpha value is -1.59.